The highest BCUT2D eigenvalue weighted by molar-refractivity contribution is 5.85. The maximum absolute atomic E-state index is 12.8. The summed E-state index contributed by atoms with van der Waals surface area (Å²) < 4.78 is 12.8. The Hall–Kier alpha value is -1.63. The Morgan fingerprint density at radius 1 is 1.30 bits per heavy atom. The molecule has 0 fully saturated rings. The summed E-state index contributed by atoms with van der Waals surface area (Å²) in [4.78, 5) is 19.5. The highest BCUT2D eigenvalue weighted by Gasteiger charge is 2.27. The van der Waals surface area contributed by atoms with E-state index < -0.39 is 6.04 Å². The molecule has 3 rings (SSSR count). The van der Waals surface area contributed by atoms with Crippen molar-refractivity contribution in [2.24, 2.45) is 0 Å². The molecule has 23 heavy (non-hydrogen) atoms. The second-order valence-corrected chi connectivity index (χ2v) is 5.07. The Bertz CT molecular complexity index is 633. The fourth-order valence-electron chi connectivity index (χ4n) is 2.52. The number of rotatable bonds is 4. The number of aromatic amines is 1. The van der Waals surface area contributed by atoms with Gasteiger partial charge in [-0.3, -0.25) is 4.79 Å². The Kier molecular flexibility index (Phi) is 7.48. The predicted molar refractivity (Wildman–Crippen MR) is 90.6 cm³/mol. The predicted octanol–water partition coefficient (Wildman–Crippen LogP) is 1.94. The van der Waals surface area contributed by atoms with Gasteiger partial charge in [-0.15, -0.1) is 24.8 Å². The van der Waals surface area contributed by atoms with E-state index in [4.69, 9.17) is 0 Å². The van der Waals surface area contributed by atoms with E-state index in [1.165, 1.54) is 12.1 Å². The molecule has 3 N–H and O–H groups in total. The third-order valence-electron chi connectivity index (χ3n) is 3.64. The minimum absolute atomic E-state index is 0. The molecular formula is C15H19Cl2FN4O. The molecule has 0 aliphatic carbocycles. The van der Waals surface area contributed by atoms with Gasteiger partial charge in [0.05, 0.1) is 12.0 Å². The van der Waals surface area contributed by atoms with Crippen LogP contribution in [0.15, 0.2) is 30.6 Å². The fourth-order valence-corrected chi connectivity index (χ4v) is 2.52. The highest BCUT2D eigenvalue weighted by atomic mass is 35.5. The zero-order valence-corrected chi connectivity index (χ0v) is 14.0. The summed E-state index contributed by atoms with van der Waals surface area (Å²) in [5.41, 5.74) is 2.79. The van der Waals surface area contributed by atoms with Gasteiger partial charge in [-0.1, -0.05) is 12.1 Å². The quantitative estimate of drug-likeness (QED) is 0.780. The molecular weight excluding hydrogens is 342 g/mol. The van der Waals surface area contributed by atoms with Gasteiger partial charge in [0.2, 0.25) is 5.91 Å². The van der Waals surface area contributed by atoms with Gasteiger partial charge in [-0.05, 0) is 24.1 Å². The maximum atomic E-state index is 12.8. The van der Waals surface area contributed by atoms with Crippen LogP contribution in [0.3, 0.4) is 0 Å². The molecule has 2 aromatic rings. The lowest BCUT2D eigenvalue weighted by Crippen LogP contribution is -2.42. The Morgan fingerprint density at radius 3 is 2.78 bits per heavy atom. The van der Waals surface area contributed by atoms with Gasteiger partial charge in [-0.2, -0.15) is 0 Å². The first-order valence-electron chi connectivity index (χ1n) is 7.02. The van der Waals surface area contributed by atoms with Crippen molar-refractivity contribution in [2.45, 2.75) is 18.9 Å². The van der Waals surface area contributed by atoms with Gasteiger partial charge in [0.25, 0.3) is 0 Å². The van der Waals surface area contributed by atoms with Crippen LogP contribution in [0.25, 0.3) is 0 Å². The van der Waals surface area contributed by atoms with Gasteiger partial charge in [0.1, 0.15) is 11.9 Å². The van der Waals surface area contributed by atoms with Gasteiger partial charge in [0, 0.05) is 25.2 Å². The monoisotopic (exact) mass is 360 g/mol. The van der Waals surface area contributed by atoms with Crippen LogP contribution in [0.1, 0.15) is 23.0 Å². The lowest BCUT2D eigenvalue weighted by molar-refractivity contribution is -0.123. The first kappa shape index (κ1) is 19.4. The van der Waals surface area contributed by atoms with Crippen LogP contribution in [0, 0.1) is 5.82 Å². The Labute approximate surface area is 146 Å². The zero-order chi connectivity index (χ0) is 14.7. The summed E-state index contributed by atoms with van der Waals surface area (Å²) in [6.07, 6.45) is 3.15. The van der Waals surface area contributed by atoms with Gasteiger partial charge in [-0.25, -0.2) is 9.37 Å². The molecule has 0 bridgehead atoms. The average molecular weight is 361 g/mol. The number of benzene rings is 1. The van der Waals surface area contributed by atoms with Crippen molar-refractivity contribution in [1.29, 1.82) is 0 Å². The summed E-state index contributed by atoms with van der Waals surface area (Å²) in [6.45, 7) is 1.27. The van der Waals surface area contributed by atoms with Crippen molar-refractivity contribution in [2.75, 3.05) is 13.1 Å². The molecule has 1 atom stereocenters. The summed E-state index contributed by atoms with van der Waals surface area (Å²) in [5.74, 6) is -0.328. The summed E-state index contributed by atoms with van der Waals surface area (Å²) in [6, 6.07) is 5.91. The zero-order valence-electron chi connectivity index (χ0n) is 12.3. The topological polar surface area (TPSA) is 69.8 Å². The van der Waals surface area contributed by atoms with E-state index in [0.29, 0.717) is 13.0 Å². The number of amides is 1. The molecule has 1 aromatic heterocycles. The van der Waals surface area contributed by atoms with Crippen LogP contribution < -0.4 is 10.6 Å². The van der Waals surface area contributed by atoms with E-state index in [9.17, 15) is 9.18 Å². The first-order chi connectivity index (χ1) is 10.2. The summed E-state index contributed by atoms with van der Waals surface area (Å²) in [5, 5.41) is 6.07. The fraction of sp³-hybridized carbons (Fsp3) is 0.333. The Balaban J connectivity index is 0.00000132. The smallest absolute Gasteiger partial charge is 0.243 e. The van der Waals surface area contributed by atoms with E-state index in [1.54, 1.807) is 18.5 Å². The van der Waals surface area contributed by atoms with E-state index >= 15 is 0 Å². The SMILES string of the molecule is Cl.Cl.O=C(NCCc1ccc(F)cc1)C1NCCc2[nH]cnc21. The maximum Gasteiger partial charge on any atom is 0.243 e. The number of aromatic nitrogens is 2. The van der Waals surface area contributed by atoms with Crippen LogP contribution in [0.5, 0.6) is 0 Å². The molecule has 5 nitrogen and oxygen atoms in total. The number of carbonyl (C=O) groups excluding carboxylic acids is 1. The molecule has 0 radical (unpaired) electrons. The van der Waals surface area contributed by atoms with Crippen LogP contribution in [-0.2, 0) is 17.6 Å². The second kappa shape index (κ2) is 8.86. The van der Waals surface area contributed by atoms with E-state index in [0.717, 1.165) is 29.9 Å². The van der Waals surface area contributed by atoms with E-state index in [2.05, 4.69) is 20.6 Å². The van der Waals surface area contributed by atoms with Crippen molar-refractivity contribution in [3.05, 3.63) is 53.4 Å². The molecule has 126 valence electrons. The molecule has 2 heterocycles. The molecule has 1 aliphatic rings. The largest absolute Gasteiger partial charge is 0.354 e. The second-order valence-electron chi connectivity index (χ2n) is 5.07. The molecule has 0 spiro atoms. The van der Waals surface area contributed by atoms with Crippen molar-refractivity contribution in [1.82, 2.24) is 20.6 Å². The number of halogens is 3. The Morgan fingerprint density at radius 2 is 2.04 bits per heavy atom. The normalized spacial score (nSPS) is 15.8. The number of nitrogens with one attached hydrogen (secondary N) is 3. The molecule has 1 aliphatic heterocycles. The molecule has 1 unspecified atom stereocenters. The van der Waals surface area contributed by atoms with Crippen molar-refractivity contribution in [3.63, 3.8) is 0 Å². The number of fused-ring (bicyclic) bond motifs is 1. The highest BCUT2D eigenvalue weighted by Crippen LogP contribution is 2.19. The molecule has 0 saturated carbocycles. The van der Waals surface area contributed by atoms with Gasteiger partial charge < -0.3 is 15.6 Å². The standard InChI is InChI=1S/C15H17FN4O.2ClH/c16-11-3-1-10(2-4-11)5-7-18-15(21)14-13-12(6-8-17-14)19-9-20-13;;/h1-4,9,14,17H,5-8H2,(H,18,21)(H,19,20);2*1H. The molecule has 8 heteroatoms. The third kappa shape index (κ3) is 4.67. The number of nitrogens with zero attached hydrogens (tertiary/aromatic N) is 1. The number of hydrogen-bond donors (Lipinski definition) is 3. The summed E-state index contributed by atoms with van der Waals surface area (Å²) in [7, 11) is 0. The molecule has 1 aromatic carbocycles. The molecule has 1 amide bonds. The van der Waals surface area contributed by atoms with Crippen molar-refractivity contribution >= 4 is 30.7 Å². The lowest BCUT2D eigenvalue weighted by Gasteiger charge is -2.22. The minimum atomic E-state index is -0.395. The van der Waals surface area contributed by atoms with Gasteiger partial charge in [0.15, 0.2) is 0 Å². The third-order valence-corrected chi connectivity index (χ3v) is 3.64. The molecule has 0 saturated heterocycles. The van der Waals surface area contributed by atoms with Crippen LogP contribution in [-0.4, -0.2) is 29.0 Å². The summed E-state index contributed by atoms with van der Waals surface area (Å²) >= 11 is 0. The van der Waals surface area contributed by atoms with Crippen LogP contribution in [0.2, 0.25) is 0 Å². The lowest BCUT2D eigenvalue weighted by atomic mass is 10.0. The number of carbonyl (C=O) groups is 1. The number of H-pyrrole nitrogens is 1. The van der Waals surface area contributed by atoms with Gasteiger partial charge >= 0.3 is 0 Å². The van der Waals surface area contributed by atoms with E-state index in [-0.39, 0.29) is 36.5 Å². The number of hydrogen-bond acceptors (Lipinski definition) is 3. The van der Waals surface area contributed by atoms with Crippen molar-refractivity contribution in [3.8, 4) is 0 Å². The van der Waals surface area contributed by atoms with E-state index in [1.807, 2.05) is 0 Å². The van der Waals surface area contributed by atoms with Crippen LogP contribution in [0.4, 0.5) is 4.39 Å². The first-order valence-corrected chi connectivity index (χ1v) is 7.02. The average Bonchev–Trinajstić information content (AvgIpc) is 2.97. The van der Waals surface area contributed by atoms with Crippen LogP contribution >= 0.6 is 24.8 Å². The number of imidazole rings is 1. The minimum Gasteiger partial charge on any atom is -0.354 e. The van der Waals surface area contributed by atoms with Crippen molar-refractivity contribution < 1.29 is 9.18 Å².